The quantitative estimate of drug-likeness (QED) is 0.837. The molecule has 2 amide bonds. The van der Waals surface area contributed by atoms with Crippen LogP contribution in [0, 0.1) is 0 Å². The van der Waals surface area contributed by atoms with Gasteiger partial charge in [0.15, 0.2) is 0 Å². The van der Waals surface area contributed by atoms with Gasteiger partial charge in [0.2, 0.25) is 11.8 Å². The van der Waals surface area contributed by atoms with Crippen molar-refractivity contribution in [2.24, 2.45) is 0 Å². The molecule has 1 saturated heterocycles. The molecule has 0 unspecified atom stereocenters. The fourth-order valence-corrected chi connectivity index (χ4v) is 4.09. The molecular formula is C24H30N2O2. The van der Waals surface area contributed by atoms with E-state index in [9.17, 15) is 9.59 Å². The Morgan fingerprint density at radius 1 is 0.929 bits per heavy atom. The predicted octanol–water partition coefficient (Wildman–Crippen LogP) is 4.42. The Morgan fingerprint density at radius 2 is 1.50 bits per heavy atom. The summed E-state index contributed by atoms with van der Waals surface area (Å²) in [6.45, 7) is 7.89. The van der Waals surface area contributed by atoms with Crippen LogP contribution in [0.25, 0.3) is 0 Å². The molecule has 1 aliphatic rings. The van der Waals surface area contributed by atoms with Crippen molar-refractivity contribution in [1.82, 2.24) is 10.2 Å². The standard InChI is InChI=1S/C24H30N2O2/c1-16(2)19-11-13-21(14-12-19)23(20-8-6-5-7-9-20)25-24(28)22-15-10-17(3)26(22)18(4)27/h5-9,11-14,16-17,22-23H,10,15H2,1-4H3,(H,25,28)/t17-,22+,23+/m1/s1. The number of nitrogens with zero attached hydrogens (tertiary/aromatic N) is 1. The van der Waals surface area contributed by atoms with E-state index >= 15 is 0 Å². The fourth-order valence-electron chi connectivity index (χ4n) is 4.09. The highest BCUT2D eigenvalue weighted by Crippen LogP contribution is 2.28. The van der Waals surface area contributed by atoms with Gasteiger partial charge in [0, 0.05) is 13.0 Å². The van der Waals surface area contributed by atoms with Crippen molar-refractivity contribution >= 4 is 11.8 Å². The van der Waals surface area contributed by atoms with Crippen molar-refractivity contribution in [3.63, 3.8) is 0 Å². The molecule has 0 spiro atoms. The normalized spacial score (nSPS) is 20.2. The van der Waals surface area contributed by atoms with Crippen molar-refractivity contribution in [1.29, 1.82) is 0 Å². The van der Waals surface area contributed by atoms with Crippen LogP contribution >= 0.6 is 0 Å². The van der Waals surface area contributed by atoms with Crippen LogP contribution in [0.1, 0.15) is 69.2 Å². The lowest BCUT2D eigenvalue weighted by atomic mass is 9.95. The van der Waals surface area contributed by atoms with E-state index in [-0.39, 0.29) is 23.9 Å². The molecule has 2 aromatic rings. The molecule has 4 nitrogen and oxygen atoms in total. The molecule has 1 fully saturated rings. The third-order valence-corrected chi connectivity index (χ3v) is 5.69. The number of hydrogen-bond donors (Lipinski definition) is 1. The predicted molar refractivity (Wildman–Crippen MR) is 112 cm³/mol. The maximum Gasteiger partial charge on any atom is 0.243 e. The molecule has 3 atom stereocenters. The second-order valence-electron chi connectivity index (χ2n) is 8.04. The Hall–Kier alpha value is -2.62. The molecule has 28 heavy (non-hydrogen) atoms. The van der Waals surface area contributed by atoms with E-state index in [0.29, 0.717) is 12.3 Å². The van der Waals surface area contributed by atoms with Crippen LogP contribution in [0.2, 0.25) is 0 Å². The average molecular weight is 379 g/mol. The number of likely N-dealkylation sites (tertiary alicyclic amines) is 1. The SMILES string of the molecule is CC(=O)N1[C@H](C)CC[C@H]1C(=O)N[C@@H](c1ccccc1)c1ccc(C(C)C)cc1. The first-order valence-electron chi connectivity index (χ1n) is 10.1. The summed E-state index contributed by atoms with van der Waals surface area (Å²) in [6, 6.07) is 17.9. The number of hydrogen-bond acceptors (Lipinski definition) is 2. The highest BCUT2D eigenvalue weighted by Gasteiger charge is 2.38. The molecule has 0 bridgehead atoms. The van der Waals surface area contributed by atoms with E-state index in [0.717, 1.165) is 17.5 Å². The second-order valence-corrected chi connectivity index (χ2v) is 8.04. The molecule has 0 aromatic heterocycles. The van der Waals surface area contributed by atoms with E-state index in [1.165, 1.54) is 5.56 Å². The maximum atomic E-state index is 13.1. The highest BCUT2D eigenvalue weighted by molar-refractivity contribution is 5.88. The molecule has 1 heterocycles. The number of amides is 2. The van der Waals surface area contributed by atoms with Crippen LogP contribution < -0.4 is 5.32 Å². The third kappa shape index (κ3) is 4.27. The first-order valence-corrected chi connectivity index (χ1v) is 10.1. The van der Waals surface area contributed by atoms with Gasteiger partial charge in [-0.3, -0.25) is 9.59 Å². The second kappa shape index (κ2) is 8.59. The summed E-state index contributed by atoms with van der Waals surface area (Å²) < 4.78 is 0. The minimum atomic E-state index is -0.395. The van der Waals surface area contributed by atoms with Gasteiger partial charge in [0.1, 0.15) is 6.04 Å². The van der Waals surface area contributed by atoms with Gasteiger partial charge in [-0.25, -0.2) is 0 Å². The fraction of sp³-hybridized carbons (Fsp3) is 0.417. The molecule has 4 heteroatoms. The molecule has 3 rings (SSSR count). The lowest BCUT2D eigenvalue weighted by Crippen LogP contribution is -2.48. The Bertz CT molecular complexity index is 814. The third-order valence-electron chi connectivity index (χ3n) is 5.69. The van der Waals surface area contributed by atoms with E-state index in [1.54, 1.807) is 11.8 Å². The first kappa shape index (κ1) is 20.1. The summed E-state index contributed by atoms with van der Waals surface area (Å²) in [7, 11) is 0. The van der Waals surface area contributed by atoms with Crippen LogP contribution in [-0.2, 0) is 9.59 Å². The van der Waals surface area contributed by atoms with Crippen LogP contribution in [-0.4, -0.2) is 28.8 Å². The van der Waals surface area contributed by atoms with E-state index in [1.807, 2.05) is 37.3 Å². The zero-order valence-corrected chi connectivity index (χ0v) is 17.2. The zero-order chi connectivity index (χ0) is 20.3. The zero-order valence-electron chi connectivity index (χ0n) is 17.2. The lowest BCUT2D eigenvalue weighted by molar-refractivity contribution is -0.138. The molecular weight excluding hydrogens is 348 g/mol. The Balaban J connectivity index is 1.88. The maximum absolute atomic E-state index is 13.1. The summed E-state index contributed by atoms with van der Waals surface area (Å²) in [4.78, 5) is 26.9. The number of carbonyl (C=O) groups excluding carboxylic acids is 2. The van der Waals surface area contributed by atoms with Crippen molar-refractivity contribution in [3.05, 3.63) is 71.3 Å². The first-order chi connectivity index (χ1) is 13.4. The van der Waals surface area contributed by atoms with Crippen molar-refractivity contribution in [2.75, 3.05) is 0 Å². The lowest BCUT2D eigenvalue weighted by Gasteiger charge is -2.29. The van der Waals surface area contributed by atoms with Gasteiger partial charge >= 0.3 is 0 Å². The molecule has 0 radical (unpaired) electrons. The number of benzene rings is 2. The summed E-state index contributed by atoms with van der Waals surface area (Å²) in [5.41, 5.74) is 3.35. The van der Waals surface area contributed by atoms with Gasteiger partial charge in [-0.05, 0) is 42.4 Å². The highest BCUT2D eigenvalue weighted by atomic mass is 16.2. The van der Waals surface area contributed by atoms with E-state index in [2.05, 4.69) is 43.4 Å². The molecule has 1 aliphatic heterocycles. The van der Waals surface area contributed by atoms with E-state index in [4.69, 9.17) is 0 Å². The van der Waals surface area contributed by atoms with Crippen molar-refractivity contribution in [3.8, 4) is 0 Å². The van der Waals surface area contributed by atoms with Gasteiger partial charge < -0.3 is 10.2 Å². The van der Waals surface area contributed by atoms with Gasteiger partial charge in [0.05, 0.1) is 6.04 Å². The minimum Gasteiger partial charge on any atom is -0.343 e. The molecule has 148 valence electrons. The summed E-state index contributed by atoms with van der Waals surface area (Å²) >= 11 is 0. The summed E-state index contributed by atoms with van der Waals surface area (Å²) in [6.07, 6.45) is 1.57. The minimum absolute atomic E-state index is 0.0392. The van der Waals surface area contributed by atoms with Gasteiger partial charge in [-0.2, -0.15) is 0 Å². The van der Waals surface area contributed by atoms with Gasteiger partial charge in [0.25, 0.3) is 0 Å². The Morgan fingerprint density at radius 3 is 2.07 bits per heavy atom. The monoisotopic (exact) mass is 378 g/mol. The summed E-state index contributed by atoms with van der Waals surface area (Å²) in [5.74, 6) is 0.340. The molecule has 2 aromatic carbocycles. The summed E-state index contributed by atoms with van der Waals surface area (Å²) in [5, 5.41) is 3.21. The van der Waals surface area contributed by atoms with E-state index < -0.39 is 6.04 Å². The molecule has 0 aliphatic carbocycles. The molecule has 1 N–H and O–H groups in total. The van der Waals surface area contributed by atoms with Gasteiger partial charge in [-0.1, -0.05) is 68.4 Å². The average Bonchev–Trinajstić information content (AvgIpc) is 3.08. The van der Waals surface area contributed by atoms with Crippen LogP contribution in [0.3, 0.4) is 0 Å². The van der Waals surface area contributed by atoms with Crippen LogP contribution in [0.5, 0.6) is 0 Å². The van der Waals surface area contributed by atoms with Crippen LogP contribution in [0.15, 0.2) is 54.6 Å². The van der Waals surface area contributed by atoms with Crippen molar-refractivity contribution in [2.45, 2.75) is 64.6 Å². The number of nitrogens with one attached hydrogen (secondary N) is 1. The smallest absolute Gasteiger partial charge is 0.243 e. The number of rotatable bonds is 5. The van der Waals surface area contributed by atoms with Crippen LogP contribution in [0.4, 0.5) is 0 Å². The molecule has 0 saturated carbocycles. The number of carbonyl (C=O) groups is 2. The van der Waals surface area contributed by atoms with Gasteiger partial charge in [-0.15, -0.1) is 0 Å². The topological polar surface area (TPSA) is 49.4 Å². The Kier molecular flexibility index (Phi) is 6.18. The van der Waals surface area contributed by atoms with Crippen molar-refractivity contribution < 1.29 is 9.59 Å². The Labute approximate surface area is 167 Å². The largest absolute Gasteiger partial charge is 0.343 e.